The Morgan fingerprint density at radius 2 is 2.05 bits per heavy atom. The van der Waals surface area contributed by atoms with Crippen LogP contribution >= 0.6 is 0 Å². The molecule has 3 aromatic rings. The first-order valence-corrected chi connectivity index (χ1v) is 5.90. The number of nitrogens with zero attached hydrogens (tertiary/aromatic N) is 4. The molecule has 1 N–H and O–H groups in total. The number of benzene rings is 2. The van der Waals surface area contributed by atoms with Gasteiger partial charge in [-0.2, -0.15) is 5.26 Å². The Hall–Kier alpha value is -3.27. The van der Waals surface area contributed by atoms with Crippen LogP contribution in [0.15, 0.2) is 36.4 Å². The van der Waals surface area contributed by atoms with Crippen molar-refractivity contribution in [1.29, 1.82) is 5.26 Å². The lowest BCUT2D eigenvalue weighted by Gasteiger charge is -2.06. The highest BCUT2D eigenvalue weighted by Crippen LogP contribution is 2.23. The normalized spacial score (nSPS) is 10.5. The number of aromatic carboxylic acids is 1. The number of hydrogen-bond acceptors (Lipinski definition) is 4. The van der Waals surface area contributed by atoms with Gasteiger partial charge in [-0.3, -0.25) is 0 Å². The largest absolute Gasteiger partial charge is 0.478 e. The maximum atomic E-state index is 13.7. The van der Waals surface area contributed by atoms with Crippen molar-refractivity contribution in [2.45, 2.75) is 0 Å². The highest BCUT2D eigenvalue weighted by Gasteiger charge is 2.18. The van der Waals surface area contributed by atoms with Crippen LogP contribution < -0.4 is 0 Å². The van der Waals surface area contributed by atoms with E-state index in [4.69, 9.17) is 5.26 Å². The van der Waals surface area contributed by atoms with Crippen LogP contribution in [0.3, 0.4) is 0 Å². The number of halogens is 1. The molecule has 0 aliphatic carbocycles. The van der Waals surface area contributed by atoms with Gasteiger partial charge in [-0.25, -0.2) is 13.9 Å². The van der Waals surface area contributed by atoms with E-state index in [1.54, 1.807) is 18.2 Å². The Balaban J connectivity index is 2.40. The predicted octanol–water partition coefficient (Wildman–Crippen LogP) is 2.13. The first kappa shape index (κ1) is 12.7. The highest BCUT2D eigenvalue weighted by atomic mass is 19.1. The molecule has 0 aliphatic heterocycles. The molecule has 0 saturated heterocycles. The van der Waals surface area contributed by atoms with E-state index in [-0.39, 0.29) is 22.3 Å². The summed E-state index contributed by atoms with van der Waals surface area (Å²) in [7, 11) is 0. The van der Waals surface area contributed by atoms with E-state index in [2.05, 4.69) is 10.3 Å². The molecule has 6 nitrogen and oxygen atoms in total. The Kier molecular flexibility index (Phi) is 2.84. The van der Waals surface area contributed by atoms with Gasteiger partial charge in [0.15, 0.2) is 0 Å². The lowest BCUT2D eigenvalue weighted by Crippen LogP contribution is -2.05. The van der Waals surface area contributed by atoms with Crippen molar-refractivity contribution in [1.82, 2.24) is 15.0 Å². The number of carboxylic acids is 1. The molecule has 0 amide bonds. The highest BCUT2D eigenvalue weighted by molar-refractivity contribution is 6.01. The van der Waals surface area contributed by atoms with Gasteiger partial charge >= 0.3 is 5.97 Å². The van der Waals surface area contributed by atoms with Gasteiger partial charge < -0.3 is 5.11 Å². The van der Waals surface area contributed by atoms with E-state index in [9.17, 15) is 14.3 Å². The third-order valence-electron chi connectivity index (χ3n) is 3.03. The number of rotatable bonds is 2. The summed E-state index contributed by atoms with van der Waals surface area (Å²) in [5.41, 5.74) is 0.471. The Morgan fingerprint density at radius 3 is 2.76 bits per heavy atom. The second-order valence-electron chi connectivity index (χ2n) is 4.23. The summed E-state index contributed by atoms with van der Waals surface area (Å²) in [6.07, 6.45) is 0. The quantitative estimate of drug-likeness (QED) is 0.777. The van der Waals surface area contributed by atoms with Gasteiger partial charge in [0.1, 0.15) is 28.5 Å². The van der Waals surface area contributed by atoms with Gasteiger partial charge in [0.05, 0.1) is 11.3 Å². The Labute approximate surface area is 117 Å². The second kappa shape index (κ2) is 4.68. The zero-order chi connectivity index (χ0) is 15.0. The summed E-state index contributed by atoms with van der Waals surface area (Å²) in [5, 5.41) is 26.0. The van der Waals surface area contributed by atoms with E-state index >= 15 is 0 Å². The number of para-hydroxylation sites is 1. The van der Waals surface area contributed by atoms with Crippen molar-refractivity contribution in [3.05, 3.63) is 53.3 Å². The minimum atomic E-state index is -1.15. The number of nitriles is 1. The van der Waals surface area contributed by atoms with E-state index in [0.29, 0.717) is 5.52 Å². The molecule has 2 aromatic carbocycles. The molecule has 1 heterocycles. The molecule has 0 aliphatic rings. The molecule has 102 valence electrons. The minimum absolute atomic E-state index is 0.0225. The van der Waals surface area contributed by atoms with Crippen LogP contribution in [0.4, 0.5) is 4.39 Å². The van der Waals surface area contributed by atoms with E-state index < -0.39 is 11.8 Å². The fourth-order valence-electron chi connectivity index (χ4n) is 2.11. The summed E-state index contributed by atoms with van der Waals surface area (Å²) < 4.78 is 14.9. The number of hydrogen-bond donors (Lipinski definition) is 1. The van der Waals surface area contributed by atoms with Crippen molar-refractivity contribution in [2.75, 3.05) is 0 Å². The first-order chi connectivity index (χ1) is 10.1. The Bertz CT molecular complexity index is 911. The molecular weight excluding hydrogens is 275 g/mol. The van der Waals surface area contributed by atoms with Crippen molar-refractivity contribution in [3.63, 3.8) is 0 Å². The van der Waals surface area contributed by atoms with Gasteiger partial charge in [-0.05, 0) is 24.3 Å². The van der Waals surface area contributed by atoms with Crippen LogP contribution in [0.1, 0.15) is 15.9 Å². The predicted molar refractivity (Wildman–Crippen MR) is 70.5 cm³/mol. The standard InChI is InChI=1S/C14H7FN4O2/c15-10-4-2-6-12(9(10)7-16)19-13-8(14(20)21)3-1-5-11(13)17-18-19/h1-6H,(H,20,21). The summed E-state index contributed by atoms with van der Waals surface area (Å²) in [6, 6.07) is 10.3. The fourth-order valence-corrected chi connectivity index (χ4v) is 2.11. The molecule has 0 unspecified atom stereocenters. The number of carboxylic acid groups (broad SMARTS) is 1. The van der Waals surface area contributed by atoms with Crippen LogP contribution in [0.2, 0.25) is 0 Å². The minimum Gasteiger partial charge on any atom is -0.478 e. The molecule has 0 radical (unpaired) electrons. The van der Waals surface area contributed by atoms with Crippen LogP contribution in [0.5, 0.6) is 0 Å². The van der Waals surface area contributed by atoms with Crippen molar-refractivity contribution < 1.29 is 14.3 Å². The monoisotopic (exact) mass is 282 g/mol. The molecule has 0 fully saturated rings. The molecule has 7 heteroatoms. The molecule has 1 aromatic heterocycles. The molecule has 0 bridgehead atoms. The van der Waals surface area contributed by atoms with Crippen LogP contribution in [-0.4, -0.2) is 26.1 Å². The lowest BCUT2D eigenvalue weighted by atomic mass is 10.1. The maximum Gasteiger partial charge on any atom is 0.337 e. The molecule has 0 atom stereocenters. The third-order valence-corrected chi connectivity index (χ3v) is 3.03. The maximum absolute atomic E-state index is 13.7. The van der Waals surface area contributed by atoms with Crippen LogP contribution in [0, 0.1) is 17.1 Å². The molecular formula is C14H7FN4O2. The molecule has 3 rings (SSSR count). The lowest BCUT2D eigenvalue weighted by molar-refractivity contribution is 0.0698. The van der Waals surface area contributed by atoms with Gasteiger partial charge in [0.25, 0.3) is 0 Å². The van der Waals surface area contributed by atoms with Crippen molar-refractivity contribution in [3.8, 4) is 11.8 Å². The molecule has 0 spiro atoms. The average molecular weight is 282 g/mol. The van der Waals surface area contributed by atoms with Crippen molar-refractivity contribution in [2.24, 2.45) is 0 Å². The topological polar surface area (TPSA) is 91.8 Å². The van der Waals surface area contributed by atoms with E-state index in [0.717, 1.165) is 6.07 Å². The summed E-state index contributed by atoms with van der Waals surface area (Å²) in [4.78, 5) is 11.3. The van der Waals surface area contributed by atoms with Gasteiger partial charge in [0, 0.05) is 0 Å². The first-order valence-electron chi connectivity index (χ1n) is 5.90. The number of carbonyl (C=O) groups is 1. The number of fused-ring (bicyclic) bond motifs is 1. The molecule has 0 saturated carbocycles. The summed E-state index contributed by atoms with van der Waals surface area (Å²) in [5.74, 6) is -1.86. The molecule has 21 heavy (non-hydrogen) atoms. The summed E-state index contributed by atoms with van der Waals surface area (Å²) in [6.45, 7) is 0. The smallest absolute Gasteiger partial charge is 0.337 e. The SMILES string of the molecule is N#Cc1c(F)cccc1-n1nnc2cccc(C(=O)O)c21. The number of aromatic nitrogens is 3. The van der Waals surface area contributed by atoms with E-state index in [1.165, 1.54) is 22.9 Å². The average Bonchev–Trinajstić information content (AvgIpc) is 2.90. The second-order valence-corrected chi connectivity index (χ2v) is 4.23. The van der Waals surface area contributed by atoms with E-state index in [1.807, 2.05) is 0 Å². The van der Waals surface area contributed by atoms with Crippen molar-refractivity contribution >= 4 is 17.0 Å². The van der Waals surface area contributed by atoms with Gasteiger partial charge in [-0.15, -0.1) is 5.10 Å². The fraction of sp³-hybridized carbons (Fsp3) is 0. The van der Waals surface area contributed by atoms with Gasteiger partial charge in [0.2, 0.25) is 0 Å². The Morgan fingerprint density at radius 1 is 1.29 bits per heavy atom. The zero-order valence-electron chi connectivity index (χ0n) is 10.5. The summed E-state index contributed by atoms with van der Waals surface area (Å²) >= 11 is 0. The third kappa shape index (κ3) is 1.90. The van der Waals surface area contributed by atoms with Crippen LogP contribution in [0.25, 0.3) is 16.7 Å². The van der Waals surface area contributed by atoms with Gasteiger partial charge in [-0.1, -0.05) is 17.3 Å². The van der Waals surface area contributed by atoms with Crippen LogP contribution in [-0.2, 0) is 0 Å². The zero-order valence-corrected chi connectivity index (χ0v) is 10.5.